The first-order valence-electron chi connectivity index (χ1n) is 4.46. The van der Waals surface area contributed by atoms with Crippen LogP contribution in [0.2, 0.25) is 0 Å². The van der Waals surface area contributed by atoms with Gasteiger partial charge in [0.25, 0.3) is 0 Å². The van der Waals surface area contributed by atoms with Crippen molar-refractivity contribution in [2.75, 3.05) is 5.32 Å². The average Bonchev–Trinajstić information content (AvgIpc) is 2.19. The van der Waals surface area contributed by atoms with Gasteiger partial charge in [0.1, 0.15) is 0 Å². The number of carbonyl (C=O) groups is 1. The fraction of sp³-hybridized carbons (Fsp3) is 0.182. The van der Waals surface area contributed by atoms with Crippen molar-refractivity contribution >= 4 is 11.6 Å². The second-order valence-corrected chi connectivity index (χ2v) is 3.24. The molecule has 1 rings (SSSR count). The summed E-state index contributed by atoms with van der Waals surface area (Å²) in [4.78, 5) is 10.9. The lowest BCUT2D eigenvalue weighted by molar-refractivity contribution is -0.137. The van der Waals surface area contributed by atoms with Crippen LogP contribution in [-0.2, 0) is 11.0 Å². The number of anilines is 1. The molecular formula is C11H10F3NO. The van der Waals surface area contributed by atoms with Crippen molar-refractivity contribution in [3.8, 4) is 0 Å². The van der Waals surface area contributed by atoms with E-state index in [1.807, 2.05) is 0 Å². The lowest BCUT2D eigenvalue weighted by Crippen LogP contribution is -2.14. The molecule has 0 atom stereocenters. The summed E-state index contributed by atoms with van der Waals surface area (Å²) in [6, 6.07) is 3.70. The third kappa shape index (κ3) is 2.85. The molecule has 0 bridgehead atoms. The molecular weight excluding hydrogens is 219 g/mol. The van der Waals surface area contributed by atoms with Crippen molar-refractivity contribution in [3.05, 3.63) is 42.0 Å². The molecule has 1 N–H and O–H groups in total. The van der Waals surface area contributed by atoms with Crippen LogP contribution in [0.5, 0.6) is 0 Å². The summed E-state index contributed by atoms with van der Waals surface area (Å²) in [5.41, 5.74) is -0.644. The fourth-order valence-electron chi connectivity index (χ4n) is 1.19. The second kappa shape index (κ2) is 4.38. The molecule has 0 aliphatic carbocycles. The van der Waals surface area contributed by atoms with E-state index in [4.69, 9.17) is 0 Å². The molecule has 1 aromatic carbocycles. The lowest BCUT2D eigenvalue weighted by atomic mass is 10.1. The van der Waals surface area contributed by atoms with E-state index < -0.39 is 17.6 Å². The highest BCUT2D eigenvalue weighted by molar-refractivity contribution is 5.99. The highest BCUT2D eigenvalue weighted by atomic mass is 19.4. The molecule has 0 fully saturated rings. The smallest absolute Gasteiger partial charge is 0.322 e. The second-order valence-electron chi connectivity index (χ2n) is 3.24. The van der Waals surface area contributed by atoms with Gasteiger partial charge in [-0.3, -0.25) is 4.79 Å². The number of nitrogens with one attached hydrogen (secondary N) is 1. The molecule has 0 aliphatic heterocycles. The zero-order chi connectivity index (χ0) is 12.3. The van der Waals surface area contributed by atoms with Crippen molar-refractivity contribution < 1.29 is 18.0 Å². The molecule has 16 heavy (non-hydrogen) atoms. The van der Waals surface area contributed by atoms with E-state index in [0.29, 0.717) is 5.56 Å². The van der Waals surface area contributed by atoms with E-state index in [-0.39, 0.29) is 5.69 Å². The standard InChI is InChI=1S/C11H10F3NO/c1-3-10(16)15-9-5-4-7(2)6-8(9)11(12,13)14/h3-6H,1H2,2H3,(H,15,16). The highest BCUT2D eigenvalue weighted by Gasteiger charge is 2.33. The zero-order valence-electron chi connectivity index (χ0n) is 8.56. The van der Waals surface area contributed by atoms with E-state index in [1.165, 1.54) is 12.1 Å². The molecule has 0 unspecified atom stereocenters. The minimum Gasteiger partial charge on any atom is -0.322 e. The Bertz CT molecular complexity index is 424. The predicted octanol–water partition coefficient (Wildman–Crippen LogP) is 3.14. The van der Waals surface area contributed by atoms with E-state index >= 15 is 0 Å². The maximum atomic E-state index is 12.6. The van der Waals surface area contributed by atoms with Crippen LogP contribution >= 0.6 is 0 Å². The number of aryl methyl sites for hydroxylation is 1. The molecule has 5 heteroatoms. The van der Waals surface area contributed by atoms with E-state index in [2.05, 4.69) is 11.9 Å². The number of alkyl halides is 3. The zero-order valence-corrected chi connectivity index (χ0v) is 8.56. The van der Waals surface area contributed by atoms with Gasteiger partial charge in [0.2, 0.25) is 5.91 Å². The summed E-state index contributed by atoms with van der Waals surface area (Å²) in [6.07, 6.45) is -3.57. The quantitative estimate of drug-likeness (QED) is 0.775. The number of rotatable bonds is 2. The van der Waals surface area contributed by atoms with E-state index in [0.717, 1.165) is 12.1 Å². The van der Waals surface area contributed by atoms with Crippen LogP contribution in [0.1, 0.15) is 11.1 Å². The Kier molecular flexibility index (Phi) is 3.37. The van der Waals surface area contributed by atoms with Gasteiger partial charge in [0, 0.05) is 0 Å². The van der Waals surface area contributed by atoms with Gasteiger partial charge in [0.05, 0.1) is 11.3 Å². The van der Waals surface area contributed by atoms with Gasteiger partial charge < -0.3 is 5.32 Å². The minimum atomic E-state index is -4.49. The summed E-state index contributed by atoms with van der Waals surface area (Å²) < 4.78 is 37.8. The van der Waals surface area contributed by atoms with Gasteiger partial charge in [0.15, 0.2) is 0 Å². The van der Waals surface area contributed by atoms with Gasteiger partial charge in [-0.25, -0.2) is 0 Å². The van der Waals surface area contributed by atoms with E-state index in [1.54, 1.807) is 6.92 Å². The third-order valence-electron chi connectivity index (χ3n) is 1.92. The van der Waals surface area contributed by atoms with Crippen LogP contribution in [0.4, 0.5) is 18.9 Å². The summed E-state index contributed by atoms with van der Waals surface area (Å²) in [7, 11) is 0. The topological polar surface area (TPSA) is 29.1 Å². The molecule has 0 spiro atoms. The van der Waals surface area contributed by atoms with Crippen LogP contribution in [0, 0.1) is 6.92 Å². The number of hydrogen-bond acceptors (Lipinski definition) is 1. The SMILES string of the molecule is C=CC(=O)Nc1ccc(C)cc1C(F)(F)F. The Morgan fingerprint density at radius 1 is 1.44 bits per heavy atom. The van der Waals surface area contributed by atoms with E-state index in [9.17, 15) is 18.0 Å². The first-order valence-corrected chi connectivity index (χ1v) is 4.46. The van der Waals surface area contributed by atoms with Crippen LogP contribution in [0.3, 0.4) is 0 Å². The molecule has 1 amide bonds. The van der Waals surface area contributed by atoms with Crippen molar-refractivity contribution in [3.63, 3.8) is 0 Å². The van der Waals surface area contributed by atoms with Crippen LogP contribution < -0.4 is 5.32 Å². The number of hydrogen-bond donors (Lipinski definition) is 1. The van der Waals surface area contributed by atoms with Gasteiger partial charge in [-0.2, -0.15) is 13.2 Å². The Hall–Kier alpha value is -1.78. The summed E-state index contributed by atoms with van der Waals surface area (Å²) in [6.45, 7) is 4.72. The molecule has 0 aliphatic rings. The van der Waals surface area contributed by atoms with Gasteiger partial charge in [-0.15, -0.1) is 0 Å². The maximum absolute atomic E-state index is 12.6. The Morgan fingerprint density at radius 3 is 2.56 bits per heavy atom. The molecule has 0 saturated carbocycles. The number of halogens is 3. The molecule has 2 nitrogen and oxygen atoms in total. The lowest BCUT2D eigenvalue weighted by Gasteiger charge is -2.13. The number of carbonyl (C=O) groups excluding carboxylic acids is 1. The Balaban J connectivity index is 3.18. The maximum Gasteiger partial charge on any atom is 0.418 e. The summed E-state index contributed by atoms with van der Waals surface area (Å²) in [5.74, 6) is -0.672. The number of benzene rings is 1. The Labute approximate surface area is 90.8 Å². The van der Waals surface area contributed by atoms with Gasteiger partial charge >= 0.3 is 6.18 Å². The van der Waals surface area contributed by atoms with Crippen LogP contribution in [-0.4, -0.2) is 5.91 Å². The summed E-state index contributed by atoms with van der Waals surface area (Å²) in [5, 5.41) is 2.12. The molecule has 1 aromatic rings. The van der Waals surface area contributed by atoms with Crippen molar-refractivity contribution in [1.82, 2.24) is 0 Å². The highest BCUT2D eigenvalue weighted by Crippen LogP contribution is 2.35. The fourth-order valence-corrected chi connectivity index (χ4v) is 1.19. The monoisotopic (exact) mass is 229 g/mol. The van der Waals surface area contributed by atoms with Crippen molar-refractivity contribution in [2.24, 2.45) is 0 Å². The van der Waals surface area contributed by atoms with Crippen LogP contribution in [0.25, 0.3) is 0 Å². The first kappa shape index (κ1) is 12.3. The molecule has 0 aromatic heterocycles. The Morgan fingerprint density at radius 2 is 2.06 bits per heavy atom. The van der Waals surface area contributed by atoms with Gasteiger partial charge in [-0.05, 0) is 25.1 Å². The molecule has 0 heterocycles. The minimum absolute atomic E-state index is 0.261. The van der Waals surface area contributed by atoms with Crippen molar-refractivity contribution in [1.29, 1.82) is 0 Å². The normalized spacial score (nSPS) is 11.0. The molecule has 86 valence electrons. The largest absolute Gasteiger partial charge is 0.418 e. The first-order chi connectivity index (χ1) is 7.34. The predicted molar refractivity (Wildman–Crippen MR) is 55.0 cm³/mol. The number of amides is 1. The summed E-state index contributed by atoms with van der Waals surface area (Å²) >= 11 is 0. The molecule has 0 saturated heterocycles. The van der Waals surface area contributed by atoms with Crippen LogP contribution in [0.15, 0.2) is 30.9 Å². The molecule has 0 radical (unpaired) electrons. The third-order valence-corrected chi connectivity index (χ3v) is 1.92. The average molecular weight is 229 g/mol. The van der Waals surface area contributed by atoms with Gasteiger partial charge in [-0.1, -0.05) is 18.2 Å². The van der Waals surface area contributed by atoms with Crippen molar-refractivity contribution in [2.45, 2.75) is 13.1 Å².